The highest BCUT2D eigenvalue weighted by Crippen LogP contribution is 2.34. The predicted molar refractivity (Wildman–Crippen MR) is 67.7 cm³/mol. The van der Waals surface area contributed by atoms with Crippen LogP contribution in [0.15, 0.2) is 46.5 Å². The smallest absolute Gasteiger partial charge is 0.137 e. The lowest BCUT2D eigenvalue weighted by Gasteiger charge is -2.07. The first-order valence-corrected chi connectivity index (χ1v) is 6.17. The number of nitrogens with zero attached hydrogens (tertiary/aromatic N) is 1. The van der Waals surface area contributed by atoms with Crippen molar-refractivity contribution in [3.8, 4) is 0 Å². The Labute approximate surface area is 108 Å². The minimum absolute atomic E-state index is 0.284. The van der Waals surface area contributed by atoms with Crippen LogP contribution in [0.4, 0.5) is 4.39 Å². The Balaban J connectivity index is 2.34. The van der Waals surface area contributed by atoms with Gasteiger partial charge in [0.25, 0.3) is 0 Å². The first-order valence-electron chi connectivity index (χ1n) is 4.98. The van der Waals surface area contributed by atoms with E-state index in [2.05, 4.69) is 4.98 Å². The summed E-state index contributed by atoms with van der Waals surface area (Å²) in [5.41, 5.74) is 6.35. The van der Waals surface area contributed by atoms with Crippen LogP contribution in [0.5, 0.6) is 0 Å². The second-order valence-corrected chi connectivity index (χ2v) is 4.73. The van der Waals surface area contributed by atoms with E-state index in [0.29, 0.717) is 21.5 Å². The van der Waals surface area contributed by atoms with Crippen molar-refractivity contribution in [1.82, 2.24) is 4.98 Å². The fourth-order valence-corrected chi connectivity index (χ4v) is 2.48. The van der Waals surface area contributed by atoms with Gasteiger partial charge in [-0.3, -0.25) is 0 Å². The third-order valence-corrected chi connectivity index (χ3v) is 3.79. The molecule has 0 saturated heterocycles. The van der Waals surface area contributed by atoms with E-state index in [0.717, 1.165) is 5.56 Å². The van der Waals surface area contributed by atoms with Crippen molar-refractivity contribution in [2.75, 3.05) is 0 Å². The van der Waals surface area contributed by atoms with Crippen molar-refractivity contribution in [2.45, 2.75) is 16.5 Å². The Bertz CT molecular complexity index is 534. The van der Waals surface area contributed by atoms with Gasteiger partial charge in [-0.1, -0.05) is 35.5 Å². The minimum atomic E-state index is -0.284. The molecule has 0 aliphatic carbocycles. The van der Waals surface area contributed by atoms with Crippen molar-refractivity contribution < 1.29 is 4.39 Å². The third kappa shape index (κ3) is 2.77. The fraction of sp³-hybridized carbons (Fsp3) is 0.0833. The minimum Gasteiger partial charge on any atom is -0.326 e. The van der Waals surface area contributed by atoms with Gasteiger partial charge in [-0.15, -0.1) is 0 Å². The molecule has 0 fully saturated rings. The lowest BCUT2D eigenvalue weighted by molar-refractivity contribution is 0.602. The van der Waals surface area contributed by atoms with E-state index in [1.807, 2.05) is 0 Å². The van der Waals surface area contributed by atoms with E-state index in [4.69, 9.17) is 17.3 Å². The van der Waals surface area contributed by atoms with Crippen LogP contribution in [-0.4, -0.2) is 4.98 Å². The highest BCUT2D eigenvalue weighted by molar-refractivity contribution is 7.99. The summed E-state index contributed by atoms with van der Waals surface area (Å²) in [7, 11) is 0. The molecule has 1 heterocycles. The molecular formula is C12H10ClFN2S. The van der Waals surface area contributed by atoms with Gasteiger partial charge in [-0.2, -0.15) is 0 Å². The molecule has 0 aliphatic rings. The summed E-state index contributed by atoms with van der Waals surface area (Å²) in [6, 6.07) is 8.26. The molecule has 0 spiro atoms. The molecule has 5 heteroatoms. The second kappa shape index (κ2) is 5.49. The topological polar surface area (TPSA) is 38.9 Å². The maximum Gasteiger partial charge on any atom is 0.137 e. The Morgan fingerprint density at radius 2 is 2.06 bits per heavy atom. The molecule has 0 bridgehead atoms. The summed E-state index contributed by atoms with van der Waals surface area (Å²) in [6.45, 7) is 0.339. The van der Waals surface area contributed by atoms with Gasteiger partial charge in [-0.25, -0.2) is 9.37 Å². The maximum absolute atomic E-state index is 13.5. The van der Waals surface area contributed by atoms with E-state index < -0.39 is 0 Å². The molecule has 0 unspecified atom stereocenters. The zero-order valence-electron chi connectivity index (χ0n) is 8.86. The van der Waals surface area contributed by atoms with Crippen LogP contribution >= 0.6 is 23.4 Å². The van der Waals surface area contributed by atoms with Crippen LogP contribution in [0.1, 0.15) is 5.56 Å². The monoisotopic (exact) mass is 268 g/mol. The molecule has 0 saturated carbocycles. The molecule has 2 rings (SSSR count). The Hall–Kier alpha value is -1.10. The molecule has 1 aromatic heterocycles. The molecule has 0 radical (unpaired) electrons. The van der Waals surface area contributed by atoms with Crippen LogP contribution in [0, 0.1) is 5.82 Å². The van der Waals surface area contributed by atoms with Gasteiger partial charge in [0.15, 0.2) is 0 Å². The number of halogens is 2. The summed E-state index contributed by atoms with van der Waals surface area (Å²) in [5, 5.41) is 1.06. The van der Waals surface area contributed by atoms with Crippen LogP contribution in [0.2, 0.25) is 5.02 Å². The number of benzene rings is 1. The molecule has 17 heavy (non-hydrogen) atoms. The number of pyridine rings is 1. The average molecular weight is 269 g/mol. The van der Waals surface area contributed by atoms with Gasteiger partial charge in [0.1, 0.15) is 10.8 Å². The average Bonchev–Trinajstić information content (AvgIpc) is 2.34. The van der Waals surface area contributed by atoms with Crippen molar-refractivity contribution >= 4 is 23.4 Å². The Morgan fingerprint density at radius 1 is 1.29 bits per heavy atom. The van der Waals surface area contributed by atoms with Crippen molar-refractivity contribution in [3.63, 3.8) is 0 Å². The van der Waals surface area contributed by atoms with Gasteiger partial charge in [-0.05, 0) is 23.8 Å². The van der Waals surface area contributed by atoms with Gasteiger partial charge >= 0.3 is 0 Å². The third-order valence-electron chi connectivity index (χ3n) is 2.20. The molecule has 1 aromatic carbocycles. The lowest BCUT2D eigenvalue weighted by atomic mass is 10.3. The van der Waals surface area contributed by atoms with Crippen molar-refractivity contribution in [3.05, 3.63) is 52.9 Å². The van der Waals surface area contributed by atoms with E-state index in [9.17, 15) is 4.39 Å². The Kier molecular flexibility index (Phi) is 3.99. The predicted octanol–water partition coefficient (Wildman–Crippen LogP) is 3.48. The molecular weight excluding hydrogens is 259 g/mol. The SMILES string of the molecule is NCc1ccnc(Sc2ccccc2F)c1Cl. The number of nitrogens with two attached hydrogens (primary N) is 1. The molecule has 0 amide bonds. The zero-order valence-corrected chi connectivity index (χ0v) is 10.4. The zero-order chi connectivity index (χ0) is 12.3. The molecule has 2 nitrogen and oxygen atoms in total. The molecule has 2 aromatic rings. The summed E-state index contributed by atoms with van der Waals surface area (Å²) in [5.74, 6) is -0.284. The quantitative estimate of drug-likeness (QED) is 0.926. The second-order valence-electron chi connectivity index (χ2n) is 3.33. The standard InChI is InChI=1S/C12H10ClFN2S/c13-11-8(7-15)5-6-16-12(11)17-10-4-2-1-3-9(10)14/h1-6H,7,15H2. The van der Waals surface area contributed by atoms with Gasteiger partial charge in [0.05, 0.1) is 5.02 Å². The number of hydrogen-bond acceptors (Lipinski definition) is 3. The number of aromatic nitrogens is 1. The van der Waals surface area contributed by atoms with E-state index >= 15 is 0 Å². The molecule has 0 atom stereocenters. The van der Waals surface area contributed by atoms with E-state index in [-0.39, 0.29) is 5.82 Å². The van der Waals surface area contributed by atoms with Crippen molar-refractivity contribution in [2.24, 2.45) is 5.73 Å². The molecule has 0 aliphatic heterocycles. The maximum atomic E-state index is 13.5. The Morgan fingerprint density at radius 3 is 2.76 bits per heavy atom. The van der Waals surface area contributed by atoms with Gasteiger partial charge < -0.3 is 5.73 Å². The number of hydrogen-bond donors (Lipinski definition) is 1. The van der Waals surface area contributed by atoms with Crippen LogP contribution in [0.3, 0.4) is 0 Å². The largest absolute Gasteiger partial charge is 0.326 e. The van der Waals surface area contributed by atoms with Crippen LogP contribution in [-0.2, 0) is 6.54 Å². The molecule has 88 valence electrons. The number of rotatable bonds is 3. The van der Waals surface area contributed by atoms with Crippen LogP contribution in [0.25, 0.3) is 0 Å². The van der Waals surface area contributed by atoms with Crippen molar-refractivity contribution in [1.29, 1.82) is 0 Å². The fourth-order valence-electron chi connectivity index (χ4n) is 1.32. The highest BCUT2D eigenvalue weighted by Gasteiger charge is 2.10. The normalized spacial score (nSPS) is 10.5. The lowest BCUT2D eigenvalue weighted by Crippen LogP contribution is -1.98. The van der Waals surface area contributed by atoms with Crippen LogP contribution < -0.4 is 5.73 Å². The van der Waals surface area contributed by atoms with Gasteiger partial charge in [0, 0.05) is 17.6 Å². The summed E-state index contributed by atoms with van der Waals surface area (Å²) >= 11 is 7.32. The summed E-state index contributed by atoms with van der Waals surface area (Å²) < 4.78 is 13.5. The molecule has 2 N–H and O–H groups in total. The summed E-state index contributed by atoms with van der Waals surface area (Å²) in [4.78, 5) is 4.63. The van der Waals surface area contributed by atoms with Gasteiger partial charge in [0.2, 0.25) is 0 Å². The first-order chi connectivity index (χ1) is 8.22. The van der Waals surface area contributed by atoms with E-state index in [1.165, 1.54) is 17.8 Å². The highest BCUT2D eigenvalue weighted by atomic mass is 35.5. The first kappa shape index (κ1) is 12.4. The van der Waals surface area contributed by atoms with E-state index in [1.54, 1.807) is 30.5 Å². The summed E-state index contributed by atoms with van der Waals surface area (Å²) in [6.07, 6.45) is 1.62.